The van der Waals surface area contributed by atoms with Crippen molar-refractivity contribution < 1.29 is 0 Å². The molecule has 0 radical (unpaired) electrons. The average molecular weight is 190 g/mol. The van der Waals surface area contributed by atoms with Gasteiger partial charge in [0.15, 0.2) is 0 Å². The lowest BCUT2D eigenvalue weighted by molar-refractivity contribution is 0.521. The van der Waals surface area contributed by atoms with E-state index in [9.17, 15) is 0 Å². The molecule has 0 aliphatic heterocycles. The molecule has 0 saturated carbocycles. The van der Waals surface area contributed by atoms with Gasteiger partial charge < -0.3 is 0 Å². The van der Waals surface area contributed by atoms with E-state index in [0.717, 1.165) is 5.92 Å². The summed E-state index contributed by atoms with van der Waals surface area (Å²) in [4.78, 5) is 0. The van der Waals surface area contributed by atoms with E-state index in [0.29, 0.717) is 0 Å². The molecular formula is C14H22. The summed E-state index contributed by atoms with van der Waals surface area (Å²) in [5, 5.41) is 0. The molecule has 0 unspecified atom stereocenters. The van der Waals surface area contributed by atoms with Crippen molar-refractivity contribution in [3.63, 3.8) is 0 Å². The molecule has 0 heterocycles. The van der Waals surface area contributed by atoms with Crippen LogP contribution in [-0.2, 0) is 6.42 Å². The molecule has 0 fully saturated rings. The predicted octanol–water partition coefficient (Wildman–Crippen LogP) is 4.28. The van der Waals surface area contributed by atoms with Crippen molar-refractivity contribution >= 4 is 0 Å². The maximum atomic E-state index is 2.35. The summed E-state index contributed by atoms with van der Waals surface area (Å²) in [5.41, 5.74) is 4.35. The minimum Gasteiger partial charge on any atom is -0.0654 e. The van der Waals surface area contributed by atoms with Crippen molar-refractivity contribution in [2.45, 2.75) is 47.0 Å². The van der Waals surface area contributed by atoms with E-state index < -0.39 is 0 Å². The molecule has 0 spiro atoms. The molecule has 0 nitrogen and oxygen atoms in total. The lowest BCUT2D eigenvalue weighted by atomic mass is 9.93. The maximum absolute atomic E-state index is 2.35. The van der Waals surface area contributed by atoms with Gasteiger partial charge in [0.05, 0.1) is 0 Å². The first kappa shape index (κ1) is 11.3. The Bertz CT molecular complexity index is 286. The van der Waals surface area contributed by atoms with Gasteiger partial charge in [-0.15, -0.1) is 0 Å². The van der Waals surface area contributed by atoms with Crippen LogP contribution in [0.5, 0.6) is 0 Å². The Morgan fingerprint density at radius 2 is 1.93 bits per heavy atom. The van der Waals surface area contributed by atoms with Gasteiger partial charge in [-0.2, -0.15) is 0 Å². The Kier molecular flexibility index (Phi) is 4.19. The molecule has 0 amide bonds. The largest absolute Gasteiger partial charge is 0.0654 e. The van der Waals surface area contributed by atoms with Crippen molar-refractivity contribution in [2.24, 2.45) is 5.92 Å². The Labute approximate surface area is 88.4 Å². The van der Waals surface area contributed by atoms with Crippen molar-refractivity contribution in [2.75, 3.05) is 0 Å². The molecule has 0 N–H and O–H groups in total. The van der Waals surface area contributed by atoms with Crippen LogP contribution >= 0.6 is 0 Å². The fourth-order valence-electron chi connectivity index (χ4n) is 2.05. The van der Waals surface area contributed by atoms with Crippen molar-refractivity contribution in [3.8, 4) is 0 Å². The van der Waals surface area contributed by atoms with Crippen LogP contribution < -0.4 is 0 Å². The van der Waals surface area contributed by atoms with Gasteiger partial charge in [-0.1, -0.05) is 50.5 Å². The summed E-state index contributed by atoms with van der Waals surface area (Å²) in [7, 11) is 0. The van der Waals surface area contributed by atoms with Crippen LogP contribution in [0.25, 0.3) is 0 Å². The van der Waals surface area contributed by atoms with E-state index in [4.69, 9.17) is 0 Å². The van der Waals surface area contributed by atoms with E-state index in [1.54, 1.807) is 0 Å². The standard InChI is InChI=1S/C14H22/c1-5-6-11(2)10-14-8-7-12(3)9-13(14)4/h7-9,11H,5-6,10H2,1-4H3/t11-/m0/s1. The summed E-state index contributed by atoms with van der Waals surface area (Å²) in [5.74, 6) is 0.821. The molecule has 1 aromatic rings. The number of hydrogen-bond acceptors (Lipinski definition) is 0. The van der Waals surface area contributed by atoms with Gasteiger partial charge in [0.1, 0.15) is 0 Å². The number of benzene rings is 1. The molecule has 0 aromatic heterocycles. The molecule has 78 valence electrons. The zero-order valence-electron chi connectivity index (χ0n) is 9.93. The third-order valence-corrected chi connectivity index (χ3v) is 2.85. The zero-order valence-corrected chi connectivity index (χ0v) is 9.93. The highest BCUT2D eigenvalue weighted by molar-refractivity contribution is 5.30. The quantitative estimate of drug-likeness (QED) is 0.664. The van der Waals surface area contributed by atoms with Crippen LogP contribution in [0.15, 0.2) is 18.2 Å². The molecule has 14 heavy (non-hydrogen) atoms. The summed E-state index contributed by atoms with van der Waals surface area (Å²) in [6.07, 6.45) is 3.87. The van der Waals surface area contributed by atoms with Crippen LogP contribution in [0, 0.1) is 19.8 Å². The van der Waals surface area contributed by atoms with E-state index >= 15 is 0 Å². The van der Waals surface area contributed by atoms with E-state index in [1.165, 1.54) is 36.0 Å². The highest BCUT2D eigenvalue weighted by Crippen LogP contribution is 2.17. The van der Waals surface area contributed by atoms with Crippen molar-refractivity contribution in [1.82, 2.24) is 0 Å². The topological polar surface area (TPSA) is 0 Å². The minimum atomic E-state index is 0.821. The van der Waals surface area contributed by atoms with Crippen LogP contribution in [0.4, 0.5) is 0 Å². The SMILES string of the molecule is CCC[C@H](C)Cc1ccc(C)cc1C. The lowest BCUT2D eigenvalue weighted by Crippen LogP contribution is -2.01. The molecule has 0 aliphatic rings. The fraction of sp³-hybridized carbons (Fsp3) is 0.571. The highest BCUT2D eigenvalue weighted by Gasteiger charge is 2.04. The second-order valence-corrected chi connectivity index (χ2v) is 4.53. The summed E-state index contributed by atoms with van der Waals surface area (Å²) in [6, 6.07) is 6.80. The van der Waals surface area contributed by atoms with Crippen LogP contribution in [0.1, 0.15) is 43.4 Å². The monoisotopic (exact) mass is 190 g/mol. The van der Waals surface area contributed by atoms with Gasteiger partial charge in [0.25, 0.3) is 0 Å². The normalized spacial score (nSPS) is 12.9. The maximum Gasteiger partial charge on any atom is -0.0250 e. The highest BCUT2D eigenvalue weighted by atomic mass is 14.1. The minimum absolute atomic E-state index is 0.821. The van der Waals surface area contributed by atoms with Crippen LogP contribution in [0.2, 0.25) is 0 Å². The second-order valence-electron chi connectivity index (χ2n) is 4.53. The average Bonchev–Trinajstić information content (AvgIpc) is 2.10. The third-order valence-electron chi connectivity index (χ3n) is 2.85. The Balaban J connectivity index is 2.67. The van der Waals surface area contributed by atoms with Gasteiger partial charge in [0.2, 0.25) is 0 Å². The van der Waals surface area contributed by atoms with Gasteiger partial charge in [-0.3, -0.25) is 0 Å². The summed E-state index contributed by atoms with van der Waals surface area (Å²) >= 11 is 0. The molecule has 0 aliphatic carbocycles. The van der Waals surface area contributed by atoms with Gasteiger partial charge in [0, 0.05) is 0 Å². The first-order valence-electron chi connectivity index (χ1n) is 5.69. The second kappa shape index (κ2) is 5.19. The van der Waals surface area contributed by atoms with Gasteiger partial charge >= 0.3 is 0 Å². The third kappa shape index (κ3) is 3.17. The number of rotatable bonds is 4. The van der Waals surface area contributed by atoms with Crippen molar-refractivity contribution in [3.05, 3.63) is 34.9 Å². The van der Waals surface area contributed by atoms with E-state index in [1.807, 2.05) is 0 Å². The van der Waals surface area contributed by atoms with Gasteiger partial charge in [-0.25, -0.2) is 0 Å². The zero-order chi connectivity index (χ0) is 10.6. The van der Waals surface area contributed by atoms with Gasteiger partial charge in [-0.05, 0) is 37.3 Å². The molecule has 0 heteroatoms. The summed E-state index contributed by atoms with van der Waals surface area (Å²) in [6.45, 7) is 8.99. The Morgan fingerprint density at radius 3 is 2.50 bits per heavy atom. The first-order chi connectivity index (χ1) is 6.63. The Hall–Kier alpha value is -0.780. The van der Waals surface area contributed by atoms with Crippen molar-refractivity contribution in [1.29, 1.82) is 0 Å². The predicted molar refractivity (Wildman–Crippen MR) is 63.7 cm³/mol. The van der Waals surface area contributed by atoms with Crippen LogP contribution in [0.3, 0.4) is 0 Å². The molecular weight excluding hydrogens is 168 g/mol. The lowest BCUT2D eigenvalue weighted by Gasteiger charge is -2.12. The fourth-order valence-corrected chi connectivity index (χ4v) is 2.05. The Morgan fingerprint density at radius 1 is 1.21 bits per heavy atom. The van der Waals surface area contributed by atoms with E-state index in [2.05, 4.69) is 45.9 Å². The summed E-state index contributed by atoms with van der Waals surface area (Å²) < 4.78 is 0. The van der Waals surface area contributed by atoms with Crippen LogP contribution in [-0.4, -0.2) is 0 Å². The molecule has 0 bridgehead atoms. The number of hydrogen-bond donors (Lipinski definition) is 0. The van der Waals surface area contributed by atoms with E-state index in [-0.39, 0.29) is 0 Å². The molecule has 0 saturated heterocycles. The molecule has 1 atom stereocenters. The number of aryl methyl sites for hydroxylation is 2. The first-order valence-corrected chi connectivity index (χ1v) is 5.69. The smallest absolute Gasteiger partial charge is 0.0250 e. The molecule has 1 rings (SSSR count). The molecule has 1 aromatic carbocycles.